The van der Waals surface area contributed by atoms with Gasteiger partial charge in [-0.2, -0.15) is 4.98 Å². The summed E-state index contributed by atoms with van der Waals surface area (Å²) in [6, 6.07) is 16.1. The summed E-state index contributed by atoms with van der Waals surface area (Å²) in [5, 5.41) is 8.48. The van der Waals surface area contributed by atoms with Gasteiger partial charge in [-0.05, 0) is 49.2 Å². The molecule has 0 spiro atoms. The van der Waals surface area contributed by atoms with Crippen LogP contribution < -0.4 is 10.6 Å². The van der Waals surface area contributed by atoms with Crippen molar-refractivity contribution in [3.8, 4) is 0 Å². The van der Waals surface area contributed by atoms with Gasteiger partial charge in [0.1, 0.15) is 5.82 Å². The number of rotatable bonds is 4. The van der Waals surface area contributed by atoms with E-state index in [-0.39, 0.29) is 0 Å². The normalized spacial score (nSPS) is 14.0. The number of aromatic nitrogens is 2. The van der Waals surface area contributed by atoms with Gasteiger partial charge in [-0.25, -0.2) is 4.98 Å². The van der Waals surface area contributed by atoms with Crippen molar-refractivity contribution in [3.05, 3.63) is 53.6 Å². The van der Waals surface area contributed by atoms with Crippen LogP contribution in [0.15, 0.2) is 48.5 Å². The number of para-hydroxylation sites is 1. The van der Waals surface area contributed by atoms with E-state index in [9.17, 15) is 0 Å². The van der Waals surface area contributed by atoms with Crippen molar-refractivity contribution in [2.24, 2.45) is 0 Å². The molecule has 5 heteroatoms. The third-order valence-corrected chi connectivity index (χ3v) is 3.87. The van der Waals surface area contributed by atoms with Crippen molar-refractivity contribution >= 4 is 40.0 Å². The standard InChI is InChI=1S/C17H15ClN4/c18-11-5-7-13(8-6-11)20-17-21-15-4-2-1-3-14(15)16(22-17)19-12-9-10-12/h1-8,12H,9-10H2,(H2,19,20,21,22). The fraction of sp³-hybridized carbons (Fsp3) is 0.176. The van der Waals surface area contributed by atoms with Crippen molar-refractivity contribution in [2.75, 3.05) is 10.6 Å². The highest BCUT2D eigenvalue weighted by Gasteiger charge is 2.22. The van der Waals surface area contributed by atoms with Gasteiger partial charge in [-0.3, -0.25) is 0 Å². The van der Waals surface area contributed by atoms with E-state index >= 15 is 0 Å². The molecule has 0 saturated heterocycles. The molecule has 0 aliphatic heterocycles. The molecule has 1 aliphatic carbocycles. The Morgan fingerprint density at radius 2 is 1.73 bits per heavy atom. The third kappa shape index (κ3) is 2.83. The summed E-state index contributed by atoms with van der Waals surface area (Å²) in [6.45, 7) is 0. The second kappa shape index (κ2) is 5.46. The van der Waals surface area contributed by atoms with Crippen LogP contribution in [-0.2, 0) is 0 Å². The van der Waals surface area contributed by atoms with Gasteiger partial charge in [0.05, 0.1) is 5.52 Å². The molecule has 3 aromatic rings. The van der Waals surface area contributed by atoms with Crippen LogP contribution in [0.2, 0.25) is 5.02 Å². The molecule has 0 bridgehead atoms. The van der Waals surface area contributed by atoms with E-state index in [4.69, 9.17) is 11.6 Å². The summed E-state index contributed by atoms with van der Waals surface area (Å²) in [6.07, 6.45) is 2.41. The maximum Gasteiger partial charge on any atom is 0.229 e. The largest absolute Gasteiger partial charge is 0.367 e. The minimum absolute atomic E-state index is 0.543. The number of hydrogen-bond donors (Lipinski definition) is 2. The molecule has 1 aliphatic rings. The van der Waals surface area contributed by atoms with Crippen LogP contribution in [0.1, 0.15) is 12.8 Å². The molecule has 1 fully saturated rings. The average molecular weight is 311 g/mol. The molecule has 2 N–H and O–H groups in total. The van der Waals surface area contributed by atoms with Crippen LogP contribution in [-0.4, -0.2) is 16.0 Å². The summed E-state index contributed by atoms with van der Waals surface area (Å²) >= 11 is 5.91. The van der Waals surface area contributed by atoms with Crippen molar-refractivity contribution in [3.63, 3.8) is 0 Å². The lowest BCUT2D eigenvalue weighted by Gasteiger charge is -2.11. The highest BCUT2D eigenvalue weighted by molar-refractivity contribution is 6.30. The zero-order valence-electron chi connectivity index (χ0n) is 11.9. The number of benzene rings is 2. The Bertz CT molecular complexity index is 813. The van der Waals surface area contributed by atoms with Crippen molar-refractivity contribution in [2.45, 2.75) is 18.9 Å². The topological polar surface area (TPSA) is 49.8 Å². The van der Waals surface area contributed by atoms with E-state index in [0.29, 0.717) is 17.0 Å². The van der Waals surface area contributed by atoms with Gasteiger partial charge < -0.3 is 10.6 Å². The van der Waals surface area contributed by atoms with Gasteiger partial charge in [0.25, 0.3) is 0 Å². The Morgan fingerprint density at radius 1 is 0.955 bits per heavy atom. The van der Waals surface area contributed by atoms with E-state index in [1.165, 1.54) is 12.8 Å². The number of nitrogens with zero attached hydrogens (tertiary/aromatic N) is 2. The summed E-state index contributed by atoms with van der Waals surface area (Å²) in [5.41, 5.74) is 1.84. The fourth-order valence-electron chi connectivity index (χ4n) is 2.33. The molecule has 4 rings (SSSR count). The lowest BCUT2D eigenvalue weighted by molar-refractivity contribution is 1.11. The number of hydrogen-bond acceptors (Lipinski definition) is 4. The van der Waals surface area contributed by atoms with Crippen LogP contribution in [0, 0.1) is 0 Å². The Morgan fingerprint density at radius 3 is 2.50 bits per heavy atom. The first kappa shape index (κ1) is 13.3. The minimum Gasteiger partial charge on any atom is -0.367 e. The van der Waals surface area contributed by atoms with Crippen molar-refractivity contribution in [1.82, 2.24) is 9.97 Å². The molecule has 110 valence electrons. The summed E-state index contributed by atoms with van der Waals surface area (Å²) in [4.78, 5) is 9.22. The molecule has 0 unspecified atom stereocenters. The average Bonchev–Trinajstić information content (AvgIpc) is 3.34. The zero-order valence-corrected chi connectivity index (χ0v) is 12.6. The fourth-order valence-corrected chi connectivity index (χ4v) is 2.45. The van der Waals surface area contributed by atoms with E-state index in [1.807, 2.05) is 48.5 Å². The second-order valence-electron chi connectivity index (χ2n) is 5.46. The molecule has 22 heavy (non-hydrogen) atoms. The van der Waals surface area contributed by atoms with Gasteiger partial charge in [-0.15, -0.1) is 0 Å². The third-order valence-electron chi connectivity index (χ3n) is 3.62. The summed E-state index contributed by atoms with van der Waals surface area (Å²) in [5.74, 6) is 1.48. The lowest BCUT2D eigenvalue weighted by atomic mass is 10.2. The number of fused-ring (bicyclic) bond motifs is 1. The van der Waals surface area contributed by atoms with Crippen molar-refractivity contribution < 1.29 is 0 Å². The number of halogens is 1. The van der Waals surface area contributed by atoms with Gasteiger partial charge in [0.2, 0.25) is 5.95 Å². The van der Waals surface area contributed by atoms with E-state index in [0.717, 1.165) is 22.4 Å². The molecule has 0 amide bonds. The summed E-state index contributed by atoms with van der Waals surface area (Å²) in [7, 11) is 0. The first-order valence-electron chi connectivity index (χ1n) is 7.34. The monoisotopic (exact) mass is 310 g/mol. The van der Waals surface area contributed by atoms with Crippen LogP contribution in [0.3, 0.4) is 0 Å². The lowest BCUT2D eigenvalue weighted by Crippen LogP contribution is -2.07. The quantitative estimate of drug-likeness (QED) is 0.739. The highest BCUT2D eigenvalue weighted by atomic mass is 35.5. The van der Waals surface area contributed by atoms with E-state index in [1.54, 1.807) is 0 Å². The van der Waals surface area contributed by atoms with Gasteiger partial charge in [0.15, 0.2) is 0 Å². The second-order valence-corrected chi connectivity index (χ2v) is 5.90. The Kier molecular flexibility index (Phi) is 3.31. The SMILES string of the molecule is Clc1ccc(Nc2nc(NC3CC3)c3ccccc3n2)cc1. The van der Waals surface area contributed by atoms with Crippen LogP contribution in [0.4, 0.5) is 17.5 Å². The van der Waals surface area contributed by atoms with Crippen LogP contribution >= 0.6 is 11.6 Å². The maximum absolute atomic E-state index is 5.91. The predicted molar refractivity (Wildman–Crippen MR) is 90.9 cm³/mol. The Labute approximate surface area is 133 Å². The molecule has 4 nitrogen and oxygen atoms in total. The first-order valence-corrected chi connectivity index (χ1v) is 7.72. The number of nitrogens with one attached hydrogen (secondary N) is 2. The van der Waals surface area contributed by atoms with Gasteiger partial charge in [-0.1, -0.05) is 23.7 Å². The Hall–Kier alpha value is -2.33. The molecular formula is C17H15ClN4. The van der Waals surface area contributed by atoms with Crippen LogP contribution in [0.25, 0.3) is 10.9 Å². The minimum atomic E-state index is 0.543. The molecule has 1 heterocycles. The number of anilines is 3. The Balaban J connectivity index is 1.71. The zero-order chi connectivity index (χ0) is 14.9. The molecule has 1 saturated carbocycles. The maximum atomic E-state index is 5.91. The molecule has 0 atom stereocenters. The first-order chi connectivity index (χ1) is 10.8. The molecule has 2 aromatic carbocycles. The smallest absolute Gasteiger partial charge is 0.229 e. The van der Waals surface area contributed by atoms with E-state index in [2.05, 4.69) is 20.6 Å². The van der Waals surface area contributed by atoms with Crippen molar-refractivity contribution in [1.29, 1.82) is 0 Å². The highest BCUT2D eigenvalue weighted by Crippen LogP contribution is 2.29. The molecule has 0 radical (unpaired) electrons. The van der Waals surface area contributed by atoms with Gasteiger partial charge >= 0.3 is 0 Å². The molecule has 1 aromatic heterocycles. The van der Waals surface area contributed by atoms with Gasteiger partial charge in [0, 0.05) is 22.1 Å². The van der Waals surface area contributed by atoms with E-state index < -0.39 is 0 Å². The van der Waals surface area contributed by atoms with Crippen LogP contribution in [0.5, 0.6) is 0 Å². The predicted octanol–water partition coefficient (Wildman–Crippen LogP) is 4.60. The summed E-state index contributed by atoms with van der Waals surface area (Å²) < 4.78 is 0. The molecular weight excluding hydrogens is 296 g/mol.